The maximum Gasteiger partial charge on any atom is 0.228 e. The summed E-state index contributed by atoms with van der Waals surface area (Å²) in [4.78, 5) is 33.8. The summed E-state index contributed by atoms with van der Waals surface area (Å²) in [5.74, 6) is 0.527. The van der Waals surface area contributed by atoms with Crippen LogP contribution in [0.3, 0.4) is 0 Å². The number of piperidine rings is 1. The van der Waals surface area contributed by atoms with Gasteiger partial charge in [-0.3, -0.25) is 14.6 Å². The molecule has 2 aromatic rings. The number of nitrogens with zero attached hydrogens (tertiary/aromatic N) is 3. The number of hydrogen-bond donors (Lipinski definition) is 0. The number of anilines is 1. The molecule has 2 amide bonds. The van der Waals surface area contributed by atoms with Crippen molar-refractivity contribution in [2.24, 2.45) is 5.92 Å². The summed E-state index contributed by atoms with van der Waals surface area (Å²) in [5.41, 5.74) is 1.88. The fraction of sp³-hybridized carbons (Fsp3) is 0.409. The molecule has 2 aliphatic heterocycles. The van der Waals surface area contributed by atoms with Gasteiger partial charge in [0.05, 0.1) is 19.1 Å². The summed E-state index contributed by atoms with van der Waals surface area (Å²) in [6.07, 6.45) is 6.91. The van der Waals surface area contributed by atoms with E-state index in [1.807, 2.05) is 47.5 Å². The van der Waals surface area contributed by atoms with Crippen LogP contribution in [-0.4, -0.2) is 41.9 Å². The van der Waals surface area contributed by atoms with Crippen molar-refractivity contribution < 1.29 is 14.3 Å². The van der Waals surface area contributed by atoms with E-state index in [9.17, 15) is 9.59 Å². The third-order valence-electron chi connectivity index (χ3n) is 5.71. The number of ether oxygens (including phenoxy) is 1. The molecule has 4 rings (SSSR count). The van der Waals surface area contributed by atoms with E-state index < -0.39 is 0 Å². The highest BCUT2D eigenvalue weighted by molar-refractivity contribution is 6.00. The number of methoxy groups -OCH3 is 1. The molecule has 1 aromatic carbocycles. The lowest BCUT2D eigenvalue weighted by atomic mass is 9.94. The Hall–Kier alpha value is -2.89. The number of rotatable bonds is 4. The van der Waals surface area contributed by atoms with Crippen LogP contribution >= 0.6 is 0 Å². The predicted octanol–water partition coefficient (Wildman–Crippen LogP) is 3.20. The monoisotopic (exact) mass is 379 g/mol. The fourth-order valence-electron chi connectivity index (χ4n) is 4.23. The molecule has 0 unspecified atom stereocenters. The Morgan fingerprint density at radius 2 is 2.00 bits per heavy atom. The highest BCUT2D eigenvalue weighted by Gasteiger charge is 2.39. The Morgan fingerprint density at radius 1 is 1.18 bits per heavy atom. The van der Waals surface area contributed by atoms with Gasteiger partial charge in [-0.05, 0) is 55.2 Å². The minimum absolute atomic E-state index is 0.00143. The Labute approximate surface area is 165 Å². The Morgan fingerprint density at radius 3 is 2.71 bits per heavy atom. The van der Waals surface area contributed by atoms with Gasteiger partial charge in [-0.25, -0.2) is 0 Å². The van der Waals surface area contributed by atoms with Crippen LogP contribution in [0.5, 0.6) is 5.75 Å². The van der Waals surface area contributed by atoms with E-state index in [1.165, 1.54) is 0 Å². The Kier molecular flexibility index (Phi) is 5.28. The standard InChI is InChI=1S/C22H25N3O3/c1-28-19-9-7-18(8-10-19)25-15-17(13-21(25)26)22(27)24-12-3-2-6-20(24)16-5-4-11-23-14-16/h4-5,7-11,14,17,20H,2-3,6,12-13,15H2,1H3/t17-,20-/m1/s1. The van der Waals surface area contributed by atoms with E-state index in [0.717, 1.165) is 42.8 Å². The van der Waals surface area contributed by atoms with Crippen molar-refractivity contribution in [2.45, 2.75) is 31.7 Å². The van der Waals surface area contributed by atoms with Crippen LogP contribution in [0.4, 0.5) is 5.69 Å². The van der Waals surface area contributed by atoms with E-state index in [1.54, 1.807) is 18.2 Å². The van der Waals surface area contributed by atoms with E-state index in [2.05, 4.69) is 4.98 Å². The molecule has 0 saturated carbocycles. The number of aromatic nitrogens is 1. The first kappa shape index (κ1) is 18.5. The highest BCUT2D eigenvalue weighted by atomic mass is 16.5. The summed E-state index contributed by atoms with van der Waals surface area (Å²) in [6, 6.07) is 11.4. The van der Waals surface area contributed by atoms with Crippen molar-refractivity contribution in [2.75, 3.05) is 25.1 Å². The second kappa shape index (κ2) is 8.00. The van der Waals surface area contributed by atoms with Crippen LogP contribution < -0.4 is 9.64 Å². The number of carbonyl (C=O) groups is 2. The maximum atomic E-state index is 13.3. The van der Waals surface area contributed by atoms with Crippen LogP contribution in [0.2, 0.25) is 0 Å². The zero-order chi connectivity index (χ0) is 19.5. The molecule has 0 aliphatic carbocycles. The molecule has 28 heavy (non-hydrogen) atoms. The molecule has 2 aliphatic rings. The SMILES string of the molecule is COc1ccc(N2C[C@H](C(=O)N3CCCC[C@@H]3c3cccnc3)CC2=O)cc1. The maximum absolute atomic E-state index is 13.3. The number of pyridine rings is 1. The molecular formula is C22H25N3O3. The molecule has 0 bridgehead atoms. The number of hydrogen-bond acceptors (Lipinski definition) is 4. The van der Waals surface area contributed by atoms with Gasteiger partial charge in [0.15, 0.2) is 0 Å². The summed E-state index contributed by atoms with van der Waals surface area (Å²) >= 11 is 0. The molecule has 6 nitrogen and oxygen atoms in total. The second-order valence-corrected chi connectivity index (χ2v) is 7.43. The predicted molar refractivity (Wildman–Crippen MR) is 106 cm³/mol. The first-order valence-corrected chi connectivity index (χ1v) is 9.82. The zero-order valence-electron chi connectivity index (χ0n) is 16.1. The van der Waals surface area contributed by atoms with Gasteiger partial charge in [-0.1, -0.05) is 6.07 Å². The van der Waals surface area contributed by atoms with Gasteiger partial charge in [0, 0.05) is 37.6 Å². The molecule has 0 N–H and O–H groups in total. The largest absolute Gasteiger partial charge is 0.497 e. The van der Waals surface area contributed by atoms with Gasteiger partial charge in [-0.15, -0.1) is 0 Å². The Bertz CT molecular complexity index is 838. The van der Waals surface area contributed by atoms with Gasteiger partial charge >= 0.3 is 0 Å². The van der Waals surface area contributed by atoms with Gasteiger partial charge in [0.1, 0.15) is 5.75 Å². The van der Waals surface area contributed by atoms with Gasteiger partial charge in [0.2, 0.25) is 11.8 Å². The second-order valence-electron chi connectivity index (χ2n) is 7.43. The van der Waals surface area contributed by atoms with Crippen molar-refractivity contribution in [3.8, 4) is 5.75 Å². The summed E-state index contributed by atoms with van der Waals surface area (Å²) < 4.78 is 5.18. The minimum Gasteiger partial charge on any atom is -0.497 e. The van der Waals surface area contributed by atoms with Crippen molar-refractivity contribution in [3.05, 3.63) is 54.4 Å². The summed E-state index contributed by atoms with van der Waals surface area (Å²) in [7, 11) is 1.61. The van der Waals surface area contributed by atoms with E-state index in [-0.39, 0.29) is 30.2 Å². The van der Waals surface area contributed by atoms with E-state index in [4.69, 9.17) is 4.74 Å². The van der Waals surface area contributed by atoms with Crippen molar-refractivity contribution in [1.82, 2.24) is 9.88 Å². The molecule has 1 aromatic heterocycles. The molecule has 146 valence electrons. The fourth-order valence-corrected chi connectivity index (χ4v) is 4.23. The molecule has 2 atom stereocenters. The first-order chi connectivity index (χ1) is 13.7. The van der Waals surface area contributed by atoms with Crippen molar-refractivity contribution in [1.29, 1.82) is 0 Å². The van der Waals surface area contributed by atoms with Crippen molar-refractivity contribution in [3.63, 3.8) is 0 Å². The molecule has 2 fully saturated rings. The van der Waals surface area contributed by atoms with Gasteiger partial charge in [0.25, 0.3) is 0 Å². The smallest absolute Gasteiger partial charge is 0.228 e. The van der Waals surface area contributed by atoms with Crippen LogP contribution in [0.25, 0.3) is 0 Å². The third-order valence-corrected chi connectivity index (χ3v) is 5.71. The molecule has 2 saturated heterocycles. The Balaban J connectivity index is 1.50. The number of carbonyl (C=O) groups excluding carboxylic acids is 2. The van der Waals surface area contributed by atoms with Crippen molar-refractivity contribution >= 4 is 17.5 Å². The third kappa shape index (κ3) is 3.59. The molecule has 3 heterocycles. The zero-order valence-corrected chi connectivity index (χ0v) is 16.1. The minimum atomic E-state index is -0.299. The normalized spacial score (nSPS) is 22.4. The van der Waals surface area contributed by atoms with Gasteiger partial charge in [-0.2, -0.15) is 0 Å². The topological polar surface area (TPSA) is 62.7 Å². The lowest BCUT2D eigenvalue weighted by Crippen LogP contribution is -2.42. The molecule has 0 spiro atoms. The van der Waals surface area contributed by atoms with E-state index >= 15 is 0 Å². The molecule has 6 heteroatoms. The first-order valence-electron chi connectivity index (χ1n) is 9.82. The summed E-state index contributed by atoms with van der Waals surface area (Å²) in [6.45, 7) is 1.17. The van der Waals surface area contributed by atoms with E-state index in [0.29, 0.717) is 6.54 Å². The molecule has 0 radical (unpaired) electrons. The summed E-state index contributed by atoms with van der Waals surface area (Å²) in [5, 5.41) is 0. The van der Waals surface area contributed by atoms with Gasteiger partial charge < -0.3 is 14.5 Å². The average Bonchev–Trinajstić information content (AvgIpc) is 3.15. The number of likely N-dealkylation sites (tertiary alicyclic amines) is 1. The molecular weight excluding hydrogens is 354 g/mol. The van der Waals surface area contributed by atoms with Crippen LogP contribution in [0.15, 0.2) is 48.8 Å². The van der Waals surface area contributed by atoms with Crippen LogP contribution in [0.1, 0.15) is 37.3 Å². The number of benzene rings is 1. The number of amides is 2. The lowest BCUT2D eigenvalue weighted by molar-refractivity contribution is -0.139. The highest BCUT2D eigenvalue weighted by Crippen LogP contribution is 2.34. The van der Waals surface area contributed by atoms with Crippen LogP contribution in [0, 0.1) is 5.92 Å². The average molecular weight is 379 g/mol. The lowest BCUT2D eigenvalue weighted by Gasteiger charge is -2.37. The quantitative estimate of drug-likeness (QED) is 0.818. The van der Waals surface area contributed by atoms with Crippen LogP contribution in [-0.2, 0) is 9.59 Å².